The maximum Gasteiger partial charge on any atom is 0.227 e. The van der Waals surface area contributed by atoms with Crippen molar-refractivity contribution in [2.75, 3.05) is 6.54 Å². The van der Waals surface area contributed by atoms with Gasteiger partial charge in [-0.25, -0.2) is 0 Å². The Kier molecular flexibility index (Phi) is 4.29. The van der Waals surface area contributed by atoms with Gasteiger partial charge < -0.3 is 10.6 Å². The number of benzene rings is 1. The van der Waals surface area contributed by atoms with E-state index in [1.807, 2.05) is 23.1 Å². The first-order chi connectivity index (χ1) is 10.2. The molecule has 2 aliphatic rings. The van der Waals surface area contributed by atoms with Gasteiger partial charge in [-0.15, -0.1) is 0 Å². The molecule has 1 aromatic rings. The second-order valence-corrected chi connectivity index (χ2v) is 6.68. The maximum atomic E-state index is 13.0. The minimum Gasteiger partial charge on any atom is -0.338 e. The summed E-state index contributed by atoms with van der Waals surface area (Å²) in [5, 5.41) is 0. The van der Waals surface area contributed by atoms with Gasteiger partial charge >= 0.3 is 0 Å². The first-order valence-corrected chi connectivity index (χ1v) is 8.29. The van der Waals surface area contributed by atoms with Crippen LogP contribution in [-0.4, -0.2) is 23.4 Å². The second kappa shape index (κ2) is 6.18. The van der Waals surface area contributed by atoms with E-state index in [1.165, 1.54) is 24.8 Å². The molecule has 2 N–H and O–H groups in total. The van der Waals surface area contributed by atoms with E-state index in [1.54, 1.807) is 0 Å². The van der Waals surface area contributed by atoms with E-state index in [-0.39, 0.29) is 12.0 Å². The third-order valence-electron chi connectivity index (χ3n) is 5.29. The summed E-state index contributed by atoms with van der Waals surface area (Å²) in [5.74, 6) is 1.48. The standard InChI is InChI=1S/C18H26N2O/c1-2-10-20(12-13-6-4-3-5-7-13)18(21)16-14-8-9-15(11-14)17(16)19/h3-7,14-17H,2,8-12,19H2,1H3. The lowest BCUT2D eigenvalue weighted by molar-refractivity contribution is -0.138. The van der Waals surface area contributed by atoms with E-state index in [0.717, 1.165) is 13.0 Å². The average Bonchev–Trinajstić information content (AvgIpc) is 3.08. The third kappa shape index (κ3) is 2.84. The van der Waals surface area contributed by atoms with E-state index in [2.05, 4.69) is 19.1 Å². The highest BCUT2D eigenvalue weighted by Crippen LogP contribution is 2.48. The largest absolute Gasteiger partial charge is 0.338 e. The lowest BCUT2D eigenvalue weighted by Crippen LogP contribution is -2.47. The van der Waals surface area contributed by atoms with E-state index in [4.69, 9.17) is 5.73 Å². The molecular weight excluding hydrogens is 260 g/mol. The molecule has 1 amide bonds. The molecule has 2 aliphatic carbocycles. The summed E-state index contributed by atoms with van der Waals surface area (Å²) in [5.41, 5.74) is 7.55. The lowest BCUT2D eigenvalue weighted by Gasteiger charge is -2.32. The van der Waals surface area contributed by atoms with Crippen LogP contribution in [0.25, 0.3) is 0 Å². The number of nitrogens with zero attached hydrogens (tertiary/aromatic N) is 1. The number of hydrogen-bond donors (Lipinski definition) is 1. The van der Waals surface area contributed by atoms with Gasteiger partial charge in [-0.1, -0.05) is 37.3 Å². The topological polar surface area (TPSA) is 46.3 Å². The normalized spacial score (nSPS) is 30.6. The van der Waals surface area contributed by atoms with Crippen LogP contribution in [0.15, 0.2) is 30.3 Å². The number of nitrogens with two attached hydrogens (primary N) is 1. The number of carbonyl (C=O) groups excluding carboxylic acids is 1. The zero-order valence-corrected chi connectivity index (χ0v) is 12.9. The van der Waals surface area contributed by atoms with Gasteiger partial charge in [0.1, 0.15) is 0 Å². The van der Waals surface area contributed by atoms with Crippen molar-refractivity contribution >= 4 is 5.91 Å². The van der Waals surface area contributed by atoms with E-state index in [9.17, 15) is 4.79 Å². The molecule has 0 aromatic heterocycles. The molecule has 4 atom stereocenters. The van der Waals surface area contributed by atoms with Crippen LogP contribution in [0.5, 0.6) is 0 Å². The van der Waals surface area contributed by atoms with Gasteiger partial charge in [0.2, 0.25) is 5.91 Å². The van der Waals surface area contributed by atoms with Crippen LogP contribution in [0, 0.1) is 17.8 Å². The van der Waals surface area contributed by atoms with Crippen molar-refractivity contribution in [3.05, 3.63) is 35.9 Å². The quantitative estimate of drug-likeness (QED) is 0.904. The van der Waals surface area contributed by atoms with Crippen molar-refractivity contribution in [1.29, 1.82) is 0 Å². The Bertz CT molecular complexity index is 485. The fourth-order valence-corrected chi connectivity index (χ4v) is 4.25. The molecule has 0 radical (unpaired) electrons. The molecule has 21 heavy (non-hydrogen) atoms. The molecule has 2 bridgehead atoms. The van der Waals surface area contributed by atoms with Crippen molar-refractivity contribution in [2.45, 2.75) is 45.2 Å². The summed E-state index contributed by atoms with van der Waals surface area (Å²) in [6.45, 7) is 3.68. The van der Waals surface area contributed by atoms with Crippen LogP contribution < -0.4 is 5.73 Å². The number of rotatable bonds is 5. The second-order valence-electron chi connectivity index (χ2n) is 6.68. The number of fused-ring (bicyclic) bond motifs is 2. The van der Waals surface area contributed by atoms with Gasteiger partial charge in [0.25, 0.3) is 0 Å². The molecular formula is C18H26N2O. The van der Waals surface area contributed by atoms with Crippen molar-refractivity contribution in [3.63, 3.8) is 0 Å². The van der Waals surface area contributed by atoms with E-state index in [0.29, 0.717) is 24.3 Å². The van der Waals surface area contributed by atoms with Gasteiger partial charge in [0, 0.05) is 19.1 Å². The molecule has 3 nitrogen and oxygen atoms in total. The van der Waals surface area contributed by atoms with Gasteiger partial charge in [-0.05, 0) is 43.1 Å². The Morgan fingerprint density at radius 3 is 2.57 bits per heavy atom. The van der Waals surface area contributed by atoms with Crippen LogP contribution in [0.3, 0.4) is 0 Å². The van der Waals surface area contributed by atoms with Gasteiger partial charge in [0.15, 0.2) is 0 Å². The smallest absolute Gasteiger partial charge is 0.227 e. The monoisotopic (exact) mass is 286 g/mol. The molecule has 0 spiro atoms. The minimum absolute atomic E-state index is 0.0685. The van der Waals surface area contributed by atoms with Gasteiger partial charge in [-0.2, -0.15) is 0 Å². The Balaban J connectivity index is 1.73. The molecule has 114 valence electrons. The number of carbonyl (C=O) groups is 1. The Hall–Kier alpha value is -1.35. The van der Waals surface area contributed by atoms with Crippen molar-refractivity contribution in [3.8, 4) is 0 Å². The first-order valence-electron chi connectivity index (χ1n) is 8.29. The molecule has 1 aromatic carbocycles. The predicted octanol–water partition coefficient (Wildman–Crippen LogP) is 2.80. The zero-order chi connectivity index (χ0) is 14.8. The van der Waals surface area contributed by atoms with Crippen LogP contribution >= 0.6 is 0 Å². The van der Waals surface area contributed by atoms with Crippen LogP contribution in [0.4, 0.5) is 0 Å². The molecule has 3 heteroatoms. The summed E-state index contributed by atoms with van der Waals surface area (Å²) in [6, 6.07) is 10.4. The van der Waals surface area contributed by atoms with Crippen LogP contribution in [0.2, 0.25) is 0 Å². The number of amides is 1. The molecule has 4 unspecified atom stereocenters. The molecule has 0 aliphatic heterocycles. The summed E-state index contributed by atoms with van der Waals surface area (Å²) in [7, 11) is 0. The molecule has 0 heterocycles. The average molecular weight is 286 g/mol. The highest BCUT2D eigenvalue weighted by atomic mass is 16.2. The van der Waals surface area contributed by atoms with Gasteiger partial charge in [-0.3, -0.25) is 4.79 Å². The third-order valence-corrected chi connectivity index (χ3v) is 5.29. The lowest BCUT2D eigenvalue weighted by atomic mass is 9.84. The molecule has 3 rings (SSSR count). The SMILES string of the molecule is CCCN(Cc1ccccc1)C(=O)C1C2CCC(C2)C1N. The molecule has 2 fully saturated rings. The van der Waals surface area contributed by atoms with Crippen LogP contribution in [-0.2, 0) is 11.3 Å². The first kappa shape index (κ1) is 14.6. The molecule has 2 saturated carbocycles. The van der Waals surface area contributed by atoms with Crippen molar-refractivity contribution < 1.29 is 4.79 Å². The number of hydrogen-bond acceptors (Lipinski definition) is 2. The van der Waals surface area contributed by atoms with Crippen molar-refractivity contribution in [2.24, 2.45) is 23.5 Å². The maximum absolute atomic E-state index is 13.0. The van der Waals surface area contributed by atoms with Crippen LogP contribution in [0.1, 0.15) is 38.2 Å². The van der Waals surface area contributed by atoms with Gasteiger partial charge in [0.05, 0.1) is 5.92 Å². The minimum atomic E-state index is 0.0685. The molecule has 0 saturated heterocycles. The van der Waals surface area contributed by atoms with E-state index >= 15 is 0 Å². The van der Waals surface area contributed by atoms with E-state index < -0.39 is 0 Å². The fourth-order valence-electron chi connectivity index (χ4n) is 4.25. The highest BCUT2D eigenvalue weighted by molar-refractivity contribution is 5.80. The summed E-state index contributed by atoms with van der Waals surface area (Å²) in [4.78, 5) is 15.0. The predicted molar refractivity (Wildman–Crippen MR) is 84.4 cm³/mol. The summed E-state index contributed by atoms with van der Waals surface area (Å²) in [6.07, 6.45) is 4.58. The van der Waals surface area contributed by atoms with Crippen molar-refractivity contribution in [1.82, 2.24) is 4.90 Å². The summed E-state index contributed by atoms with van der Waals surface area (Å²) < 4.78 is 0. The zero-order valence-electron chi connectivity index (χ0n) is 12.9. The Morgan fingerprint density at radius 1 is 1.24 bits per heavy atom. The Labute approximate surface area is 127 Å². The summed E-state index contributed by atoms with van der Waals surface area (Å²) >= 11 is 0. The highest BCUT2D eigenvalue weighted by Gasteiger charge is 2.49. The fraction of sp³-hybridized carbons (Fsp3) is 0.611. The Morgan fingerprint density at radius 2 is 1.95 bits per heavy atom.